The predicted molar refractivity (Wildman–Crippen MR) is 145 cm³/mol. The van der Waals surface area contributed by atoms with Crippen molar-refractivity contribution in [1.82, 2.24) is 10.5 Å². The van der Waals surface area contributed by atoms with Crippen LogP contribution in [0.25, 0.3) is 0 Å². The molecule has 1 heterocycles. The number of carbonyl (C=O) groups is 1. The van der Waals surface area contributed by atoms with Gasteiger partial charge in [-0.1, -0.05) is 44.2 Å². The van der Waals surface area contributed by atoms with Crippen LogP contribution >= 0.6 is 0 Å². The van der Waals surface area contributed by atoms with E-state index in [1.807, 2.05) is 38.1 Å². The molecule has 1 aliphatic rings. The van der Waals surface area contributed by atoms with Crippen molar-refractivity contribution in [2.45, 2.75) is 55.2 Å². The van der Waals surface area contributed by atoms with E-state index in [0.29, 0.717) is 18.9 Å². The lowest BCUT2D eigenvalue weighted by atomic mass is 10.1. The summed E-state index contributed by atoms with van der Waals surface area (Å²) in [5, 5.41) is 17.7. The maximum absolute atomic E-state index is 12.9. The summed E-state index contributed by atoms with van der Waals surface area (Å²) < 4.78 is 52.5. The summed E-state index contributed by atoms with van der Waals surface area (Å²) in [4.78, 5) is 12.2. The van der Waals surface area contributed by atoms with Crippen LogP contribution in [-0.2, 0) is 30.5 Å². The van der Waals surface area contributed by atoms with E-state index >= 15 is 0 Å². The van der Waals surface area contributed by atoms with E-state index < -0.39 is 39.4 Å². The number of aromatic nitrogens is 2. The number of nitrogens with zero attached hydrogens (tertiary/aromatic N) is 2. The van der Waals surface area contributed by atoms with E-state index in [9.17, 15) is 18.4 Å². The molecule has 0 amide bonds. The fourth-order valence-corrected chi connectivity index (χ4v) is 5.05. The van der Waals surface area contributed by atoms with Crippen LogP contribution in [0.2, 0.25) is 0 Å². The van der Waals surface area contributed by atoms with Crippen LogP contribution in [0.15, 0.2) is 69.1 Å². The summed E-state index contributed by atoms with van der Waals surface area (Å²) in [6.07, 6.45) is 2.67. The lowest BCUT2D eigenvalue weighted by molar-refractivity contribution is -0.832. The first-order valence-corrected chi connectivity index (χ1v) is 15.0. The van der Waals surface area contributed by atoms with Crippen molar-refractivity contribution in [3.05, 3.63) is 65.4 Å². The third-order valence-electron chi connectivity index (χ3n) is 6.18. The molecule has 4 rings (SSSR count). The quantitative estimate of drug-likeness (QED) is 0.140. The Hall–Kier alpha value is -3.68. The van der Waals surface area contributed by atoms with Gasteiger partial charge in [0.2, 0.25) is 0 Å². The third-order valence-corrected chi connectivity index (χ3v) is 7.90. The Labute approximate surface area is 239 Å². The molecule has 1 N–H and O–H groups in total. The standard InChI is InChI=1S/C28H35N3O9S/c1-20(2)29-16-24(18-37-23-12-10-21(11-13-23)14-15-36-17-22-8-9-22)39-26(32)19-38-27-28(31(33)40-30-27)41(34,35)25-6-4-3-5-7-25/h3-7,10-13,20,22,24,29H,8-9,14-19H2,1-2H3. The van der Waals surface area contributed by atoms with Crippen LogP contribution in [0.1, 0.15) is 32.3 Å². The van der Waals surface area contributed by atoms with Crippen molar-refractivity contribution in [1.29, 1.82) is 0 Å². The normalized spacial score (nSPS) is 14.1. The van der Waals surface area contributed by atoms with Gasteiger partial charge in [0, 0.05) is 19.2 Å². The molecule has 1 fully saturated rings. The van der Waals surface area contributed by atoms with E-state index in [1.54, 1.807) is 6.07 Å². The SMILES string of the molecule is CC(C)NCC(COc1ccc(CCOCC2CC2)cc1)OC(=O)COc1no[n+]([O-])c1S(=O)(=O)c1ccccc1. The molecule has 0 spiro atoms. The second kappa shape index (κ2) is 14.3. The Morgan fingerprint density at radius 2 is 1.85 bits per heavy atom. The Kier molecular flexibility index (Phi) is 10.6. The van der Waals surface area contributed by atoms with Gasteiger partial charge in [0.05, 0.1) is 16.7 Å². The number of hydrogen-bond donors (Lipinski definition) is 1. The van der Waals surface area contributed by atoms with Crippen LogP contribution in [0.4, 0.5) is 0 Å². The van der Waals surface area contributed by atoms with Crippen molar-refractivity contribution in [2.24, 2.45) is 5.92 Å². The van der Waals surface area contributed by atoms with Crippen molar-refractivity contribution >= 4 is 15.8 Å². The Morgan fingerprint density at radius 1 is 1.12 bits per heavy atom. The molecule has 13 heteroatoms. The van der Waals surface area contributed by atoms with Gasteiger partial charge in [-0.3, -0.25) is 4.63 Å². The minimum atomic E-state index is -4.32. The number of nitrogens with one attached hydrogen (secondary N) is 1. The smallest absolute Gasteiger partial charge is 0.415 e. The van der Waals surface area contributed by atoms with Gasteiger partial charge in [-0.25, -0.2) is 13.2 Å². The highest BCUT2D eigenvalue weighted by Gasteiger charge is 2.36. The molecule has 222 valence electrons. The van der Waals surface area contributed by atoms with Crippen LogP contribution in [-0.4, -0.2) is 64.7 Å². The summed E-state index contributed by atoms with van der Waals surface area (Å²) in [6, 6.07) is 15.0. The van der Waals surface area contributed by atoms with Crippen molar-refractivity contribution < 1.29 is 41.7 Å². The molecule has 1 aromatic heterocycles. The largest absolute Gasteiger partial charge is 0.490 e. The lowest BCUT2D eigenvalue weighted by Gasteiger charge is -2.20. The first-order valence-electron chi connectivity index (χ1n) is 13.5. The summed E-state index contributed by atoms with van der Waals surface area (Å²) >= 11 is 0. The van der Waals surface area contributed by atoms with Crippen LogP contribution < -0.4 is 19.7 Å². The van der Waals surface area contributed by atoms with Gasteiger partial charge in [-0.2, -0.15) is 0 Å². The van der Waals surface area contributed by atoms with Crippen molar-refractivity contribution in [2.75, 3.05) is 33.0 Å². The van der Waals surface area contributed by atoms with Gasteiger partial charge in [0.25, 0.3) is 9.84 Å². The first kappa shape index (κ1) is 30.3. The van der Waals surface area contributed by atoms with Gasteiger partial charge < -0.3 is 29.5 Å². The molecule has 1 atom stereocenters. The average Bonchev–Trinajstić information content (AvgIpc) is 3.71. The molecule has 41 heavy (non-hydrogen) atoms. The van der Waals surface area contributed by atoms with E-state index in [4.69, 9.17) is 18.9 Å². The number of sulfone groups is 1. The van der Waals surface area contributed by atoms with E-state index in [0.717, 1.165) is 24.5 Å². The van der Waals surface area contributed by atoms with E-state index in [-0.39, 0.29) is 22.4 Å². The summed E-state index contributed by atoms with van der Waals surface area (Å²) in [5.74, 6) is -0.0983. The van der Waals surface area contributed by atoms with E-state index in [1.165, 1.54) is 37.1 Å². The summed E-state index contributed by atoms with van der Waals surface area (Å²) in [6.45, 7) is 5.08. The highest BCUT2D eigenvalue weighted by molar-refractivity contribution is 7.91. The number of carbonyl (C=O) groups excluding carboxylic acids is 1. The molecular formula is C28H35N3O9S. The molecule has 2 aromatic carbocycles. The maximum Gasteiger partial charge on any atom is 0.415 e. The topological polar surface area (TPSA) is 153 Å². The van der Waals surface area contributed by atoms with Gasteiger partial charge in [0.15, 0.2) is 6.61 Å². The van der Waals surface area contributed by atoms with Crippen LogP contribution in [0, 0.1) is 11.1 Å². The fourth-order valence-electron chi connectivity index (χ4n) is 3.76. The first-order chi connectivity index (χ1) is 19.7. The number of esters is 1. The van der Waals surface area contributed by atoms with E-state index in [2.05, 4.69) is 15.1 Å². The molecule has 1 aliphatic carbocycles. The molecule has 0 saturated heterocycles. The minimum Gasteiger partial charge on any atom is -0.490 e. The molecule has 3 aromatic rings. The Balaban J connectivity index is 1.30. The zero-order valence-electron chi connectivity index (χ0n) is 23.1. The molecule has 0 aliphatic heterocycles. The van der Waals surface area contributed by atoms with Crippen LogP contribution in [0.5, 0.6) is 11.6 Å². The van der Waals surface area contributed by atoms with Gasteiger partial charge in [0.1, 0.15) is 18.5 Å². The van der Waals surface area contributed by atoms with Gasteiger partial charge in [-0.15, -0.1) is 0 Å². The number of benzene rings is 2. The fraction of sp³-hybridized carbons (Fsp3) is 0.464. The zero-order chi connectivity index (χ0) is 29.2. The highest BCUT2D eigenvalue weighted by Crippen LogP contribution is 2.29. The molecule has 1 unspecified atom stereocenters. The second-order valence-electron chi connectivity index (χ2n) is 10.0. The van der Waals surface area contributed by atoms with Crippen molar-refractivity contribution in [3.8, 4) is 11.6 Å². The van der Waals surface area contributed by atoms with Gasteiger partial charge >= 0.3 is 16.9 Å². The lowest BCUT2D eigenvalue weighted by Crippen LogP contribution is -2.39. The molecular weight excluding hydrogens is 554 g/mol. The minimum absolute atomic E-state index is 0.0630. The van der Waals surface area contributed by atoms with Crippen LogP contribution in [0.3, 0.4) is 0 Å². The Bertz CT molecular complexity index is 1360. The molecule has 0 bridgehead atoms. The Morgan fingerprint density at radius 3 is 2.54 bits per heavy atom. The zero-order valence-corrected chi connectivity index (χ0v) is 23.9. The summed E-state index contributed by atoms with van der Waals surface area (Å²) in [7, 11) is -4.32. The van der Waals surface area contributed by atoms with Gasteiger partial charge in [-0.05, 0) is 59.9 Å². The van der Waals surface area contributed by atoms with Crippen molar-refractivity contribution in [3.63, 3.8) is 0 Å². The summed E-state index contributed by atoms with van der Waals surface area (Å²) in [5.41, 5.74) is 1.13. The second-order valence-corrected chi connectivity index (χ2v) is 11.9. The average molecular weight is 590 g/mol. The highest BCUT2D eigenvalue weighted by atomic mass is 32.2. The number of ether oxygens (including phenoxy) is 4. The predicted octanol–water partition coefficient (Wildman–Crippen LogP) is 2.48. The molecule has 12 nitrogen and oxygen atoms in total. The molecule has 1 saturated carbocycles. The number of hydrogen-bond acceptors (Lipinski definition) is 11. The molecule has 0 radical (unpaired) electrons. The monoisotopic (exact) mass is 589 g/mol. The number of rotatable bonds is 17. The maximum atomic E-state index is 12.9. The third kappa shape index (κ3) is 9.17.